The van der Waals surface area contributed by atoms with Crippen LogP contribution in [0.5, 0.6) is 0 Å². The fourth-order valence-electron chi connectivity index (χ4n) is 1.61. The molecule has 0 radical (unpaired) electrons. The van der Waals surface area contributed by atoms with Gasteiger partial charge in [-0.2, -0.15) is 0 Å². The molecule has 4 nitrogen and oxygen atoms in total. The van der Waals surface area contributed by atoms with Crippen molar-refractivity contribution in [3.05, 3.63) is 29.6 Å². The van der Waals surface area contributed by atoms with Gasteiger partial charge < -0.3 is 10.4 Å². The number of nitrogens with zero attached hydrogens (tertiary/aromatic N) is 1. The van der Waals surface area contributed by atoms with Gasteiger partial charge in [0.15, 0.2) is 0 Å². The van der Waals surface area contributed by atoms with Crippen molar-refractivity contribution in [3.8, 4) is 11.8 Å². The van der Waals surface area contributed by atoms with Crippen molar-refractivity contribution in [2.75, 3.05) is 6.61 Å². The second kappa shape index (κ2) is 7.55. The monoisotopic (exact) mass is 260 g/mol. The molecule has 0 aromatic carbocycles. The van der Waals surface area contributed by atoms with E-state index in [-0.39, 0.29) is 18.6 Å². The molecule has 0 saturated heterocycles. The van der Waals surface area contributed by atoms with Crippen LogP contribution >= 0.6 is 0 Å². The van der Waals surface area contributed by atoms with Gasteiger partial charge in [-0.3, -0.25) is 9.78 Å². The minimum atomic E-state index is -0.237. The summed E-state index contributed by atoms with van der Waals surface area (Å²) in [5.74, 6) is 5.53. The minimum Gasteiger partial charge on any atom is -0.384 e. The van der Waals surface area contributed by atoms with Crippen LogP contribution in [0.4, 0.5) is 0 Å². The lowest BCUT2D eigenvalue weighted by Gasteiger charge is -2.20. The zero-order valence-electron chi connectivity index (χ0n) is 11.6. The molecule has 1 rings (SSSR count). The fourth-order valence-corrected chi connectivity index (χ4v) is 1.61. The Morgan fingerprint density at radius 2 is 2.26 bits per heavy atom. The summed E-state index contributed by atoms with van der Waals surface area (Å²) < 4.78 is 0. The number of aliphatic hydroxyl groups excluding tert-OH is 1. The second-order valence-electron chi connectivity index (χ2n) is 4.53. The minimum absolute atomic E-state index is 0.101. The van der Waals surface area contributed by atoms with Crippen LogP contribution in [0.25, 0.3) is 0 Å². The number of aromatic nitrogens is 1. The number of pyridine rings is 1. The van der Waals surface area contributed by atoms with Crippen LogP contribution in [-0.2, 0) is 0 Å². The summed E-state index contributed by atoms with van der Waals surface area (Å²) in [6, 6.07) is 1.74. The summed E-state index contributed by atoms with van der Waals surface area (Å²) in [5, 5.41) is 11.7. The van der Waals surface area contributed by atoms with E-state index in [1.54, 1.807) is 12.3 Å². The standard InChI is InChI=1S/C15H20N2O2/c1-4-11(2)12(3)17-15(19)14-7-8-16-10-13(14)6-5-9-18/h7-8,10-12,18H,4,9H2,1-3H3,(H,17,19). The molecule has 0 aliphatic heterocycles. The lowest BCUT2D eigenvalue weighted by Crippen LogP contribution is -2.37. The first-order valence-electron chi connectivity index (χ1n) is 6.44. The van der Waals surface area contributed by atoms with Gasteiger partial charge in [0.2, 0.25) is 0 Å². The molecule has 0 spiro atoms. The van der Waals surface area contributed by atoms with Gasteiger partial charge in [-0.25, -0.2) is 0 Å². The van der Waals surface area contributed by atoms with E-state index in [4.69, 9.17) is 5.11 Å². The largest absolute Gasteiger partial charge is 0.384 e. The first-order chi connectivity index (χ1) is 9.10. The Bertz CT molecular complexity index is 488. The van der Waals surface area contributed by atoms with Crippen molar-refractivity contribution < 1.29 is 9.90 Å². The molecule has 0 aliphatic rings. The third-order valence-electron chi connectivity index (χ3n) is 3.22. The second-order valence-corrected chi connectivity index (χ2v) is 4.53. The van der Waals surface area contributed by atoms with Gasteiger partial charge in [-0.1, -0.05) is 32.1 Å². The Kier molecular flexibility index (Phi) is 6.04. The van der Waals surface area contributed by atoms with Crippen molar-refractivity contribution in [3.63, 3.8) is 0 Å². The average Bonchev–Trinajstić information content (AvgIpc) is 2.44. The Labute approximate surface area is 114 Å². The highest BCUT2D eigenvalue weighted by molar-refractivity contribution is 5.96. The molecule has 0 bridgehead atoms. The lowest BCUT2D eigenvalue weighted by molar-refractivity contribution is 0.0928. The summed E-state index contributed by atoms with van der Waals surface area (Å²) in [7, 11) is 0. The predicted molar refractivity (Wildman–Crippen MR) is 74.6 cm³/mol. The Morgan fingerprint density at radius 3 is 2.89 bits per heavy atom. The molecule has 1 heterocycles. The molecule has 1 amide bonds. The maximum Gasteiger partial charge on any atom is 0.252 e. The Balaban J connectivity index is 2.88. The molecule has 0 saturated carbocycles. The Morgan fingerprint density at radius 1 is 1.53 bits per heavy atom. The van der Waals surface area contributed by atoms with Crippen molar-refractivity contribution in [2.24, 2.45) is 5.92 Å². The van der Waals surface area contributed by atoms with E-state index >= 15 is 0 Å². The summed E-state index contributed by atoms with van der Waals surface area (Å²) in [4.78, 5) is 16.1. The number of carbonyl (C=O) groups excluding carboxylic acids is 1. The number of hydrogen-bond donors (Lipinski definition) is 2. The van der Waals surface area contributed by atoms with Crippen LogP contribution in [0.2, 0.25) is 0 Å². The predicted octanol–water partition coefficient (Wildman–Crippen LogP) is 1.59. The van der Waals surface area contributed by atoms with E-state index in [1.807, 2.05) is 6.92 Å². The number of amides is 1. The average molecular weight is 260 g/mol. The smallest absolute Gasteiger partial charge is 0.252 e. The molecule has 1 aromatic rings. The van der Waals surface area contributed by atoms with Gasteiger partial charge in [0.05, 0.1) is 11.1 Å². The van der Waals surface area contributed by atoms with Gasteiger partial charge in [-0.15, -0.1) is 0 Å². The maximum absolute atomic E-state index is 12.2. The molecule has 0 aliphatic carbocycles. The number of carbonyl (C=O) groups is 1. The number of nitrogens with one attached hydrogen (secondary N) is 1. The van der Waals surface area contributed by atoms with Crippen molar-refractivity contribution >= 4 is 5.91 Å². The topological polar surface area (TPSA) is 62.2 Å². The van der Waals surface area contributed by atoms with Crippen molar-refractivity contribution in [1.29, 1.82) is 0 Å². The molecule has 0 fully saturated rings. The zero-order valence-corrected chi connectivity index (χ0v) is 11.6. The maximum atomic E-state index is 12.2. The quantitative estimate of drug-likeness (QED) is 0.808. The molecule has 2 N–H and O–H groups in total. The van der Waals surface area contributed by atoms with Crippen molar-refractivity contribution in [1.82, 2.24) is 10.3 Å². The van der Waals surface area contributed by atoms with Crippen LogP contribution in [0.1, 0.15) is 43.1 Å². The van der Waals surface area contributed by atoms with Crippen LogP contribution in [0.3, 0.4) is 0 Å². The normalized spacial score (nSPS) is 13.1. The van der Waals surface area contributed by atoms with Gasteiger partial charge in [0.1, 0.15) is 6.61 Å². The highest BCUT2D eigenvalue weighted by Gasteiger charge is 2.16. The van der Waals surface area contributed by atoms with E-state index in [0.29, 0.717) is 17.0 Å². The summed E-state index contributed by atoms with van der Waals surface area (Å²) in [6.45, 7) is 5.95. The summed E-state index contributed by atoms with van der Waals surface area (Å²) in [6.07, 6.45) is 4.10. The van der Waals surface area contributed by atoms with Crippen LogP contribution in [0.15, 0.2) is 18.5 Å². The first kappa shape index (κ1) is 15.2. The summed E-state index contributed by atoms with van der Waals surface area (Å²) >= 11 is 0. The zero-order chi connectivity index (χ0) is 14.3. The van der Waals surface area contributed by atoms with E-state index in [1.165, 1.54) is 6.20 Å². The third-order valence-corrected chi connectivity index (χ3v) is 3.22. The van der Waals surface area contributed by atoms with E-state index < -0.39 is 0 Å². The van der Waals surface area contributed by atoms with E-state index in [2.05, 4.69) is 36.0 Å². The molecular formula is C15H20N2O2. The SMILES string of the molecule is CCC(C)C(C)NC(=O)c1ccncc1C#CCO. The molecule has 19 heavy (non-hydrogen) atoms. The first-order valence-corrected chi connectivity index (χ1v) is 6.44. The van der Waals surface area contributed by atoms with Gasteiger partial charge in [0, 0.05) is 18.4 Å². The molecule has 4 heteroatoms. The summed E-state index contributed by atoms with van der Waals surface area (Å²) in [5.41, 5.74) is 1.02. The Hall–Kier alpha value is -1.86. The molecule has 2 atom stereocenters. The molecule has 1 aromatic heterocycles. The van der Waals surface area contributed by atoms with Crippen LogP contribution in [0, 0.1) is 17.8 Å². The van der Waals surface area contributed by atoms with Gasteiger partial charge in [0.25, 0.3) is 5.91 Å². The molecule has 2 unspecified atom stereocenters. The number of aliphatic hydroxyl groups is 1. The fraction of sp³-hybridized carbons (Fsp3) is 0.467. The number of rotatable bonds is 4. The van der Waals surface area contributed by atoms with Crippen molar-refractivity contribution in [2.45, 2.75) is 33.2 Å². The van der Waals surface area contributed by atoms with Crippen LogP contribution in [-0.4, -0.2) is 28.6 Å². The van der Waals surface area contributed by atoms with E-state index in [9.17, 15) is 4.79 Å². The number of hydrogen-bond acceptors (Lipinski definition) is 3. The van der Waals surface area contributed by atoms with Crippen LogP contribution < -0.4 is 5.32 Å². The van der Waals surface area contributed by atoms with E-state index in [0.717, 1.165) is 6.42 Å². The molecular weight excluding hydrogens is 240 g/mol. The van der Waals surface area contributed by atoms with Gasteiger partial charge >= 0.3 is 0 Å². The highest BCUT2D eigenvalue weighted by Crippen LogP contribution is 2.10. The lowest BCUT2D eigenvalue weighted by atomic mass is 10.0. The molecule has 102 valence electrons. The van der Waals surface area contributed by atoms with Gasteiger partial charge in [-0.05, 0) is 18.9 Å². The third kappa shape index (κ3) is 4.38. The highest BCUT2D eigenvalue weighted by atomic mass is 16.2.